The van der Waals surface area contributed by atoms with E-state index in [1.807, 2.05) is 0 Å². The molecule has 1 aliphatic rings. The second kappa shape index (κ2) is 9.18. The Morgan fingerprint density at radius 2 is 1.34 bits per heavy atom. The van der Waals surface area contributed by atoms with E-state index in [0.29, 0.717) is 0 Å². The summed E-state index contributed by atoms with van der Waals surface area (Å²) in [5, 5.41) is 1.28. The fourth-order valence-corrected chi connectivity index (χ4v) is 7.07. The van der Waals surface area contributed by atoms with E-state index in [4.69, 9.17) is 4.42 Å². The maximum Gasteiger partial charge on any atom is 0.138 e. The molecule has 186 valence electrons. The fourth-order valence-electron chi connectivity index (χ4n) is 6.71. The van der Waals surface area contributed by atoms with Crippen LogP contribution in [0.15, 0.2) is 124 Å². The van der Waals surface area contributed by atoms with E-state index in [9.17, 15) is 0 Å². The zero-order valence-corrected chi connectivity index (χ0v) is 23.0. The highest BCUT2D eigenvalue weighted by molar-refractivity contribution is 9.10. The SMILES string of the molecule is Cc1oc(-c2ccccc2)c2c1[C@H](c1ccccc1)[C@@H](c1ccccc1)[C@@H]2c1cn(C)c2ccc(Br)cc12. The van der Waals surface area contributed by atoms with E-state index in [1.165, 1.54) is 38.7 Å². The van der Waals surface area contributed by atoms with Gasteiger partial charge in [-0.1, -0.05) is 107 Å². The summed E-state index contributed by atoms with van der Waals surface area (Å²) in [5.74, 6) is 2.54. The van der Waals surface area contributed by atoms with Gasteiger partial charge in [0.15, 0.2) is 0 Å². The summed E-state index contributed by atoms with van der Waals surface area (Å²) in [5.41, 5.74) is 9.05. The second-order valence-electron chi connectivity index (χ2n) is 10.3. The molecule has 0 radical (unpaired) electrons. The molecule has 4 aromatic carbocycles. The molecule has 6 aromatic rings. The normalized spacial score (nSPS) is 18.7. The first kappa shape index (κ1) is 23.3. The van der Waals surface area contributed by atoms with E-state index < -0.39 is 0 Å². The molecule has 3 atom stereocenters. The van der Waals surface area contributed by atoms with Gasteiger partial charge in [0.2, 0.25) is 0 Å². The summed E-state index contributed by atoms with van der Waals surface area (Å²) in [4.78, 5) is 0. The minimum absolute atomic E-state index is 0.128. The number of aryl methyl sites for hydroxylation is 2. The first-order chi connectivity index (χ1) is 18.6. The van der Waals surface area contributed by atoms with Crippen molar-refractivity contribution in [2.75, 3.05) is 0 Å². The Hall–Kier alpha value is -3.82. The molecular weight excluding hydrogens is 530 g/mol. The number of aromatic nitrogens is 1. The van der Waals surface area contributed by atoms with Gasteiger partial charge in [0.25, 0.3) is 0 Å². The molecule has 7 rings (SSSR count). The number of nitrogens with zero attached hydrogens (tertiary/aromatic N) is 1. The van der Waals surface area contributed by atoms with E-state index in [-0.39, 0.29) is 17.8 Å². The summed E-state index contributed by atoms with van der Waals surface area (Å²) in [6.07, 6.45) is 2.34. The van der Waals surface area contributed by atoms with Gasteiger partial charge in [0, 0.05) is 63.1 Å². The van der Waals surface area contributed by atoms with Gasteiger partial charge in [-0.2, -0.15) is 0 Å². The van der Waals surface area contributed by atoms with Crippen LogP contribution in [0.1, 0.15) is 51.3 Å². The van der Waals surface area contributed by atoms with Crippen molar-refractivity contribution < 1.29 is 4.42 Å². The number of fused-ring (bicyclic) bond motifs is 2. The average Bonchev–Trinajstić information content (AvgIpc) is 3.59. The number of rotatable bonds is 4. The quantitative estimate of drug-likeness (QED) is 0.211. The van der Waals surface area contributed by atoms with Crippen molar-refractivity contribution in [1.82, 2.24) is 4.57 Å². The predicted octanol–water partition coefficient (Wildman–Crippen LogP) is 9.57. The zero-order chi connectivity index (χ0) is 25.8. The zero-order valence-electron chi connectivity index (χ0n) is 21.4. The molecule has 2 nitrogen and oxygen atoms in total. The Bertz CT molecular complexity index is 1750. The number of halogens is 1. The Morgan fingerprint density at radius 1 is 0.711 bits per heavy atom. The smallest absolute Gasteiger partial charge is 0.138 e. The van der Waals surface area contributed by atoms with Crippen molar-refractivity contribution in [3.63, 3.8) is 0 Å². The summed E-state index contributed by atoms with van der Waals surface area (Å²) in [6.45, 7) is 2.14. The van der Waals surface area contributed by atoms with Crippen molar-refractivity contribution in [3.05, 3.63) is 153 Å². The van der Waals surface area contributed by atoms with Crippen LogP contribution in [0.25, 0.3) is 22.2 Å². The monoisotopic (exact) mass is 557 g/mol. The van der Waals surface area contributed by atoms with Crippen molar-refractivity contribution in [2.45, 2.75) is 24.7 Å². The molecule has 0 aliphatic heterocycles. The van der Waals surface area contributed by atoms with Gasteiger partial charge in [-0.25, -0.2) is 0 Å². The third kappa shape index (κ3) is 3.60. The van der Waals surface area contributed by atoms with E-state index in [0.717, 1.165) is 21.6 Å². The van der Waals surface area contributed by atoms with Gasteiger partial charge in [-0.05, 0) is 41.8 Å². The molecule has 38 heavy (non-hydrogen) atoms. The highest BCUT2D eigenvalue weighted by Crippen LogP contribution is 2.62. The average molecular weight is 559 g/mol. The van der Waals surface area contributed by atoms with Crippen LogP contribution in [0.5, 0.6) is 0 Å². The predicted molar refractivity (Wildman–Crippen MR) is 159 cm³/mol. The van der Waals surface area contributed by atoms with E-state index in [2.05, 4.69) is 150 Å². The van der Waals surface area contributed by atoms with Crippen LogP contribution in [-0.4, -0.2) is 4.57 Å². The lowest BCUT2D eigenvalue weighted by Crippen LogP contribution is -2.14. The molecule has 0 saturated carbocycles. The van der Waals surface area contributed by atoms with Gasteiger partial charge in [0.05, 0.1) is 0 Å². The molecule has 3 heteroatoms. The Morgan fingerprint density at radius 3 is 2.03 bits per heavy atom. The fraction of sp³-hybridized carbons (Fsp3) is 0.143. The molecule has 0 saturated heterocycles. The lowest BCUT2D eigenvalue weighted by molar-refractivity contribution is 0.511. The first-order valence-electron chi connectivity index (χ1n) is 13.1. The Balaban J connectivity index is 1.59. The van der Waals surface area contributed by atoms with Crippen LogP contribution in [0.2, 0.25) is 0 Å². The second-order valence-corrected chi connectivity index (χ2v) is 11.3. The number of hydrogen-bond donors (Lipinski definition) is 0. The van der Waals surface area contributed by atoms with Crippen LogP contribution in [-0.2, 0) is 7.05 Å². The van der Waals surface area contributed by atoms with Gasteiger partial charge in [0.1, 0.15) is 11.5 Å². The van der Waals surface area contributed by atoms with E-state index >= 15 is 0 Å². The number of furan rings is 1. The van der Waals surface area contributed by atoms with Crippen molar-refractivity contribution in [1.29, 1.82) is 0 Å². The third-order valence-corrected chi connectivity index (χ3v) is 8.70. The molecule has 0 fully saturated rings. The van der Waals surface area contributed by atoms with Gasteiger partial charge in [-0.3, -0.25) is 0 Å². The molecule has 1 aliphatic carbocycles. The maximum absolute atomic E-state index is 6.69. The van der Waals surface area contributed by atoms with Crippen LogP contribution in [0.4, 0.5) is 0 Å². The lowest BCUT2D eigenvalue weighted by atomic mass is 9.75. The molecule has 0 amide bonds. The molecule has 2 aromatic heterocycles. The van der Waals surface area contributed by atoms with Crippen LogP contribution < -0.4 is 0 Å². The molecule has 0 unspecified atom stereocenters. The number of benzene rings is 4. The molecule has 0 spiro atoms. The summed E-state index contributed by atoms with van der Waals surface area (Å²) in [6, 6.07) is 39.3. The Kier molecular flexibility index (Phi) is 5.63. The third-order valence-electron chi connectivity index (χ3n) is 8.21. The summed E-state index contributed by atoms with van der Waals surface area (Å²) in [7, 11) is 2.15. The van der Waals surface area contributed by atoms with Crippen molar-refractivity contribution in [2.24, 2.45) is 7.05 Å². The highest BCUT2D eigenvalue weighted by Gasteiger charge is 2.48. The molecule has 0 bridgehead atoms. The lowest BCUT2D eigenvalue weighted by Gasteiger charge is -2.28. The van der Waals surface area contributed by atoms with Crippen LogP contribution in [0.3, 0.4) is 0 Å². The van der Waals surface area contributed by atoms with Crippen LogP contribution in [0, 0.1) is 6.92 Å². The van der Waals surface area contributed by atoms with Gasteiger partial charge in [-0.15, -0.1) is 0 Å². The molecular formula is C35H28BrNO. The first-order valence-corrected chi connectivity index (χ1v) is 13.9. The maximum atomic E-state index is 6.69. The van der Waals surface area contributed by atoms with Crippen LogP contribution >= 0.6 is 15.9 Å². The topological polar surface area (TPSA) is 18.1 Å². The highest BCUT2D eigenvalue weighted by atomic mass is 79.9. The van der Waals surface area contributed by atoms with E-state index in [1.54, 1.807) is 0 Å². The standard InChI is InChI=1S/C35H28BrNO/c1-22-30-31(23-12-6-3-7-13-23)32(24-14-8-4-9-15-24)33(34(30)35(38-22)25-16-10-5-11-17-25)28-21-37(2)29-19-18-26(36)20-27(28)29/h3-21,31-33H,1-2H3/t31-,32+,33-/m0/s1. The van der Waals surface area contributed by atoms with Crippen molar-refractivity contribution >= 4 is 26.8 Å². The Labute approximate surface area is 231 Å². The molecule has 0 N–H and O–H groups in total. The van der Waals surface area contributed by atoms with Gasteiger partial charge < -0.3 is 8.98 Å². The number of hydrogen-bond acceptors (Lipinski definition) is 1. The summed E-state index contributed by atoms with van der Waals surface area (Å²) >= 11 is 3.75. The minimum Gasteiger partial charge on any atom is -0.461 e. The largest absolute Gasteiger partial charge is 0.461 e. The summed E-state index contributed by atoms with van der Waals surface area (Å²) < 4.78 is 10.1. The van der Waals surface area contributed by atoms with Crippen molar-refractivity contribution in [3.8, 4) is 11.3 Å². The molecule has 2 heterocycles. The minimum atomic E-state index is 0.128. The van der Waals surface area contributed by atoms with Gasteiger partial charge >= 0.3 is 0 Å².